The Morgan fingerprint density at radius 1 is 1.33 bits per heavy atom. The molecular weight excluding hydrogens is 252 g/mol. The van der Waals surface area contributed by atoms with E-state index in [0.717, 1.165) is 23.4 Å². The highest BCUT2D eigenvalue weighted by molar-refractivity contribution is 9.10. The van der Waals surface area contributed by atoms with Crippen molar-refractivity contribution in [3.05, 3.63) is 22.8 Å². The first-order chi connectivity index (χ1) is 7.08. The highest BCUT2D eigenvalue weighted by Crippen LogP contribution is 2.33. The molecule has 0 N–H and O–H groups in total. The zero-order valence-electron chi connectivity index (χ0n) is 9.33. The van der Waals surface area contributed by atoms with Gasteiger partial charge in [-0.3, -0.25) is 0 Å². The fraction of sp³-hybridized carbons (Fsp3) is 0.583. The van der Waals surface area contributed by atoms with Crippen LogP contribution in [0.15, 0.2) is 22.8 Å². The van der Waals surface area contributed by atoms with Crippen LogP contribution in [0.4, 0.5) is 5.82 Å². The molecule has 0 bridgehead atoms. The van der Waals surface area contributed by atoms with E-state index in [4.69, 9.17) is 0 Å². The molecule has 2 heterocycles. The fourth-order valence-corrected chi connectivity index (χ4v) is 2.44. The van der Waals surface area contributed by atoms with E-state index in [9.17, 15) is 0 Å². The second-order valence-corrected chi connectivity index (χ2v) is 5.81. The number of hydrogen-bond acceptors (Lipinski definition) is 2. The van der Waals surface area contributed by atoms with Gasteiger partial charge in [0, 0.05) is 19.3 Å². The Morgan fingerprint density at radius 3 is 2.60 bits per heavy atom. The third kappa shape index (κ3) is 2.51. The van der Waals surface area contributed by atoms with Crippen molar-refractivity contribution < 1.29 is 0 Å². The molecule has 1 fully saturated rings. The molecule has 1 aliphatic rings. The van der Waals surface area contributed by atoms with E-state index in [-0.39, 0.29) is 0 Å². The van der Waals surface area contributed by atoms with Crippen molar-refractivity contribution in [3.8, 4) is 0 Å². The van der Waals surface area contributed by atoms with Crippen molar-refractivity contribution in [2.75, 3.05) is 18.0 Å². The van der Waals surface area contributed by atoms with Gasteiger partial charge in [0.05, 0.1) is 4.47 Å². The van der Waals surface area contributed by atoms with Gasteiger partial charge < -0.3 is 4.90 Å². The highest BCUT2D eigenvalue weighted by atomic mass is 79.9. The Kier molecular flexibility index (Phi) is 3.01. The molecule has 82 valence electrons. The molecule has 0 radical (unpaired) electrons. The summed E-state index contributed by atoms with van der Waals surface area (Å²) >= 11 is 3.56. The van der Waals surface area contributed by atoms with Crippen molar-refractivity contribution in [1.82, 2.24) is 4.98 Å². The van der Waals surface area contributed by atoms with Crippen LogP contribution in [0.25, 0.3) is 0 Å². The maximum absolute atomic E-state index is 4.43. The average molecular weight is 269 g/mol. The minimum Gasteiger partial charge on any atom is -0.356 e. The van der Waals surface area contributed by atoms with Crippen LogP contribution in [0.5, 0.6) is 0 Å². The third-order valence-corrected chi connectivity index (χ3v) is 3.77. The van der Waals surface area contributed by atoms with Crippen LogP contribution >= 0.6 is 15.9 Å². The predicted molar refractivity (Wildman–Crippen MR) is 67.2 cm³/mol. The van der Waals surface area contributed by atoms with E-state index in [0.29, 0.717) is 5.41 Å². The lowest BCUT2D eigenvalue weighted by Crippen LogP contribution is -2.37. The molecule has 1 aromatic heterocycles. The maximum Gasteiger partial charge on any atom is 0.142 e. The van der Waals surface area contributed by atoms with Gasteiger partial charge in [0.1, 0.15) is 5.82 Å². The summed E-state index contributed by atoms with van der Waals surface area (Å²) in [7, 11) is 0. The smallest absolute Gasteiger partial charge is 0.142 e. The van der Waals surface area contributed by atoms with Crippen LogP contribution < -0.4 is 4.90 Å². The minimum atomic E-state index is 0.498. The Morgan fingerprint density at radius 2 is 2.00 bits per heavy atom. The Labute approximate surface area is 99.8 Å². The van der Waals surface area contributed by atoms with Crippen LogP contribution in [-0.2, 0) is 0 Å². The van der Waals surface area contributed by atoms with Crippen LogP contribution in [-0.4, -0.2) is 18.1 Å². The molecule has 15 heavy (non-hydrogen) atoms. The molecule has 0 aromatic carbocycles. The summed E-state index contributed by atoms with van der Waals surface area (Å²) in [6.07, 6.45) is 4.35. The van der Waals surface area contributed by atoms with Gasteiger partial charge in [-0.05, 0) is 46.3 Å². The van der Waals surface area contributed by atoms with Crippen molar-refractivity contribution >= 4 is 21.7 Å². The minimum absolute atomic E-state index is 0.498. The van der Waals surface area contributed by atoms with E-state index >= 15 is 0 Å². The average Bonchev–Trinajstić information content (AvgIpc) is 2.19. The predicted octanol–water partition coefficient (Wildman–Crippen LogP) is 3.47. The quantitative estimate of drug-likeness (QED) is 0.776. The molecule has 0 spiro atoms. The summed E-state index contributed by atoms with van der Waals surface area (Å²) in [5.74, 6) is 1.09. The topological polar surface area (TPSA) is 16.1 Å². The summed E-state index contributed by atoms with van der Waals surface area (Å²) in [5.41, 5.74) is 0.498. The number of pyridine rings is 1. The molecule has 0 aliphatic carbocycles. The van der Waals surface area contributed by atoms with E-state index in [1.807, 2.05) is 12.3 Å². The molecule has 3 heteroatoms. The van der Waals surface area contributed by atoms with Gasteiger partial charge in [-0.1, -0.05) is 13.8 Å². The van der Waals surface area contributed by atoms with Gasteiger partial charge in [0.15, 0.2) is 0 Å². The normalized spacial score (nSPS) is 20.3. The highest BCUT2D eigenvalue weighted by Gasteiger charge is 2.26. The fourth-order valence-electron chi connectivity index (χ4n) is 1.93. The monoisotopic (exact) mass is 268 g/mol. The van der Waals surface area contributed by atoms with E-state index in [2.05, 4.69) is 45.7 Å². The van der Waals surface area contributed by atoms with Gasteiger partial charge >= 0.3 is 0 Å². The van der Waals surface area contributed by atoms with Crippen molar-refractivity contribution in [3.63, 3.8) is 0 Å². The summed E-state index contributed by atoms with van der Waals surface area (Å²) in [6, 6.07) is 4.02. The summed E-state index contributed by atoms with van der Waals surface area (Å²) in [6.45, 7) is 6.92. The van der Waals surface area contributed by atoms with Crippen LogP contribution in [0.2, 0.25) is 0 Å². The summed E-state index contributed by atoms with van der Waals surface area (Å²) in [4.78, 5) is 6.80. The summed E-state index contributed by atoms with van der Waals surface area (Å²) < 4.78 is 1.10. The van der Waals surface area contributed by atoms with Crippen LogP contribution in [0.3, 0.4) is 0 Å². The number of piperidine rings is 1. The van der Waals surface area contributed by atoms with Crippen molar-refractivity contribution in [2.24, 2.45) is 5.41 Å². The maximum atomic E-state index is 4.43. The molecule has 0 amide bonds. The first-order valence-electron chi connectivity index (χ1n) is 5.44. The molecule has 0 unspecified atom stereocenters. The lowest BCUT2D eigenvalue weighted by Gasteiger charge is -2.37. The van der Waals surface area contributed by atoms with E-state index < -0.39 is 0 Å². The van der Waals surface area contributed by atoms with Crippen molar-refractivity contribution in [1.29, 1.82) is 0 Å². The lowest BCUT2D eigenvalue weighted by atomic mass is 9.83. The van der Waals surface area contributed by atoms with Gasteiger partial charge in [-0.25, -0.2) is 4.98 Å². The summed E-state index contributed by atoms with van der Waals surface area (Å²) in [5, 5.41) is 0. The number of rotatable bonds is 1. The largest absolute Gasteiger partial charge is 0.356 e. The molecule has 0 atom stereocenters. The number of hydrogen-bond donors (Lipinski definition) is 0. The number of halogens is 1. The molecule has 1 aromatic rings. The van der Waals surface area contributed by atoms with Gasteiger partial charge in [0.25, 0.3) is 0 Å². The first kappa shape index (κ1) is 10.9. The second-order valence-electron chi connectivity index (χ2n) is 4.96. The molecule has 1 aliphatic heterocycles. The molecule has 0 saturated carbocycles. The van der Waals surface area contributed by atoms with Gasteiger partial charge in [-0.2, -0.15) is 0 Å². The molecular formula is C12H17BrN2. The Balaban J connectivity index is 2.11. The molecule has 2 rings (SSSR count). The zero-order valence-corrected chi connectivity index (χ0v) is 10.9. The SMILES string of the molecule is CC1(C)CCN(c2ncccc2Br)CC1. The molecule has 2 nitrogen and oxygen atoms in total. The van der Waals surface area contributed by atoms with Gasteiger partial charge in [-0.15, -0.1) is 0 Å². The standard InChI is InChI=1S/C12H17BrN2/c1-12(2)5-8-15(9-6-12)11-10(13)4-3-7-14-11/h3-4,7H,5-6,8-9H2,1-2H3. The second kappa shape index (κ2) is 4.12. The van der Waals surface area contributed by atoms with Crippen molar-refractivity contribution in [2.45, 2.75) is 26.7 Å². The lowest BCUT2D eigenvalue weighted by molar-refractivity contribution is 0.279. The number of nitrogens with zero attached hydrogens (tertiary/aromatic N) is 2. The Hall–Kier alpha value is -0.570. The number of anilines is 1. The number of aromatic nitrogens is 1. The third-order valence-electron chi connectivity index (χ3n) is 3.16. The van der Waals surface area contributed by atoms with E-state index in [1.54, 1.807) is 0 Å². The van der Waals surface area contributed by atoms with Crippen LogP contribution in [0, 0.1) is 5.41 Å². The first-order valence-corrected chi connectivity index (χ1v) is 6.23. The Bertz CT molecular complexity index is 339. The zero-order chi connectivity index (χ0) is 10.9. The van der Waals surface area contributed by atoms with Crippen LogP contribution in [0.1, 0.15) is 26.7 Å². The van der Waals surface area contributed by atoms with Gasteiger partial charge in [0.2, 0.25) is 0 Å². The molecule has 1 saturated heterocycles. The van der Waals surface area contributed by atoms with E-state index in [1.165, 1.54) is 12.8 Å².